The lowest BCUT2D eigenvalue weighted by Crippen LogP contribution is -2.18. The summed E-state index contributed by atoms with van der Waals surface area (Å²) in [4.78, 5) is 5.66. The lowest BCUT2D eigenvalue weighted by Gasteiger charge is -2.09. The van der Waals surface area contributed by atoms with Crippen molar-refractivity contribution < 1.29 is 14.7 Å². The predicted molar refractivity (Wildman–Crippen MR) is 130 cm³/mol. The lowest BCUT2D eigenvalue weighted by molar-refractivity contribution is 0.234. The molecule has 0 saturated carbocycles. The van der Waals surface area contributed by atoms with E-state index in [9.17, 15) is 0 Å². The van der Waals surface area contributed by atoms with Crippen LogP contribution in [-0.2, 0) is 0 Å². The highest BCUT2D eigenvalue weighted by Crippen LogP contribution is 2.32. The predicted octanol–water partition coefficient (Wildman–Crippen LogP) is 6.17. The lowest BCUT2D eigenvalue weighted by atomic mass is 10.1. The van der Waals surface area contributed by atoms with Gasteiger partial charge in [0.1, 0.15) is 17.3 Å². The molecular formula is C25H29N3O3S. The number of hydrogen-bond acceptors (Lipinski definition) is 6. The molecule has 32 heavy (non-hydrogen) atoms. The van der Waals surface area contributed by atoms with Crippen molar-refractivity contribution >= 4 is 22.7 Å². The van der Waals surface area contributed by atoms with Gasteiger partial charge in [0.25, 0.3) is 0 Å². The van der Waals surface area contributed by atoms with Crippen molar-refractivity contribution in [1.29, 1.82) is 5.41 Å². The Morgan fingerprint density at radius 3 is 2.16 bits per heavy atom. The van der Waals surface area contributed by atoms with Gasteiger partial charge in [-0.1, -0.05) is 13.5 Å². The van der Waals surface area contributed by atoms with Crippen molar-refractivity contribution in [2.45, 2.75) is 32.6 Å². The summed E-state index contributed by atoms with van der Waals surface area (Å²) in [5, 5.41) is 16.2. The maximum atomic E-state index is 8.74. The molecule has 0 atom stereocenters. The van der Waals surface area contributed by atoms with Gasteiger partial charge in [-0.2, -0.15) is 0 Å². The third-order valence-corrected chi connectivity index (χ3v) is 5.95. The van der Waals surface area contributed by atoms with Gasteiger partial charge in [-0.05, 0) is 79.8 Å². The Labute approximate surface area is 193 Å². The monoisotopic (exact) mass is 451 g/mol. The summed E-state index contributed by atoms with van der Waals surface area (Å²) < 4.78 is 11.6. The fourth-order valence-corrected chi connectivity index (χ4v) is 3.97. The Hall–Kier alpha value is -3.16. The molecule has 1 heterocycles. The van der Waals surface area contributed by atoms with Gasteiger partial charge in [0.2, 0.25) is 0 Å². The molecule has 0 aliphatic carbocycles. The zero-order valence-corrected chi connectivity index (χ0v) is 19.1. The smallest absolute Gasteiger partial charge is 0.149 e. The molecule has 3 N–H and O–H groups in total. The molecule has 3 rings (SSSR count). The number of thiazole rings is 1. The van der Waals surface area contributed by atoms with Gasteiger partial charge in [-0.25, -0.2) is 4.98 Å². The van der Waals surface area contributed by atoms with E-state index < -0.39 is 0 Å². The Morgan fingerprint density at radius 2 is 1.59 bits per heavy atom. The van der Waals surface area contributed by atoms with E-state index >= 15 is 0 Å². The van der Waals surface area contributed by atoms with Crippen LogP contribution in [0.3, 0.4) is 0 Å². The first-order chi connectivity index (χ1) is 15.6. The zero-order chi connectivity index (χ0) is 22.8. The summed E-state index contributed by atoms with van der Waals surface area (Å²) in [7, 11) is 0. The minimum absolute atomic E-state index is 0.0403. The van der Waals surface area contributed by atoms with E-state index in [1.54, 1.807) is 35.6 Å². The quantitative estimate of drug-likeness (QED) is 0.133. The number of unbranched alkanes of at least 4 members (excludes halogenated alkanes) is 2. The van der Waals surface area contributed by atoms with Crippen LogP contribution < -0.4 is 15.0 Å². The third kappa shape index (κ3) is 6.42. The SMILES string of the molecule is C=C(CC)c1scnc1-c1ccc(OCCCCCOc2ccc(C(=N)NO)cc2)cc1. The molecular weight excluding hydrogens is 422 g/mol. The van der Waals surface area contributed by atoms with Gasteiger partial charge >= 0.3 is 0 Å². The largest absolute Gasteiger partial charge is 0.494 e. The number of hydrogen-bond donors (Lipinski definition) is 3. The Morgan fingerprint density at radius 1 is 1.00 bits per heavy atom. The highest BCUT2D eigenvalue weighted by Gasteiger charge is 2.10. The normalized spacial score (nSPS) is 10.6. The molecule has 2 aromatic carbocycles. The van der Waals surface area contributed by atoms with E-state index in [2.05, 4.69) is 18.5 Å². The average molecular weight is 452 g/mol. The molecule has 0 amide bonds. The second-order valence-electron chi connectivity index (χ2n) is 7.28. The van der Waals surface area contributed by atoms with Crippen molar-refractivity contribution in [2.75, 3.05) is 13.2 Å². The molecule has 0 saturated heterocycles. The van der Waals surface area contributed by atoms with Crippen molar-refractivity contribution in [3.63, 3.8) is 0 Å². The molecule has 6 nitrogen and oxygen atoms in total. The molecule has 0 aliphatic rings. The number of hydroxylamine groups is 1. The standard InChI is InChI=1S/C25H29N3O3S/c1-3-18(2)24-23(27-17-32-24)19-7-11-21(12-8-19)30-15-5-4-6-16-31-22-13-9-20(10-14-22)25(26)28-29/h7-14,17,29H,2-6,15-16H2,1H3,(H2,26,28). The molecule has 1 aromatic heterocycles. The Kier molecular flexibility index (Phi) is 8.83. The van der Waals surface area contributed by atoms with Crippen LogP contribution in [-0.4, -0.2) is 29.2 Å². The maximum absolute atomic E-state index is 8.74. The molecule has 168 valence electrons. The summed E-state index contributed by atoms with van der Waals surface area (Å²) >= 11 is 1.63. The minimum atomic E-state index is -0.0403. The first-order valence-electron chi connectivity index (χ1n) is 10.7. The summed E-state index contributed by atoms with van der Waals surface area (Å²) in [6.07, 6.45) is 3.82. The molecule has 0 bridgehead atoms. The van der Waals surface area contributed by atoms with Gasteiger partial charge in [-0.3, -0.25) is 16.1 Å². The van der Waals surface area contributed by atoms with E-state index in [1.807, 2.05) is 35.3 Å². The van der Waals surface area contributed by atoms with Crippen LogP contribution in [0, 0.1) is 5.41 Å². The van der Waals surface area contributed by atoms with E-state index in [1.165, 1.54) is 0 Å². The maximum Gasteiger partial charge on any atom is 0.149 e. The average Bonchev–Trinajstić information content (AvgIpc) is 3.33. The summed E-state index contributed by atoms with van der Waals surface area (Å²) in [6.45, 7) is 7.54. The van der Waals surface area contributed by atoms with E-state index in [4.69, 9.17) is 20.1 Å². The van der Waals surface area contributed by atoms with Crippen molar-refractivity contribution in [1.82, 2.24) is 10.5 Å². The second-order valence-corrected chi connectivity index (χ2v) is 8.14. The summed E-state index contributed by atoms with van der Waals surface area (Å²) in [5.74, 6) is 1.57. The van der Waals surface area contributed by atoms with Crippen LogP contribution >= 0.6 is 11.3 Å². The minimum Gasteiger partial charge on any atom is -0.494 e. The second kappa shape index (κ2) is 12.0. The van der Waals surface area contributed by atoms with Crippen LogP contribution in [0.25, 0.3) is 16.8 Å². The van der Waals surface area contributed by atoms with E-state index in [0.717, 1.165) is 58.9 Å². The first-order valence-corrected chi connectivity index (χ1v) is 11.6. The Bertz CT molecular complexity index is 1010. The molecule has 0 radical (unpaired) electrons. The van der Waals surface area contributed by atoms with E-state index in [0.29, 0.717) is 18.8 Å². The topological polar surface area (TPSA) is 87.5 Å². The molecule has 0 fully saturated rings. The van der Waals surface area contributed by atoms with Gasteiger partial charge in [0, 0.05) is 11.1 Å². The van der Waals surface area contributed by atoms with Crippen molar-refractivity contribution in [3.8, 4) is 22.8 Å². The molecule has 7 heteroatoms. The number of nitrogens with one attached hydrogen (secondary N) is 2. The number of aromatic nitrogens is 1. The highest BCUT2D eigenvalue weighted by molar-refractivity contribution is 7.11. The van der Waals surface area contributed by atoms with Crippen LogP contribution in [0.2, 0.25) is 0 Å². The molecule has 0 spiro atoms. The summed E-state index contributed by atoms with van der Waals surface area (Å²) in [5.41, 5.74) is 7.49. The highest BCUT2D eigenvalue weighted by atomic mass is 32.1. The summed E-state index contributed by atoms with van der Waals surface area (Å²) in [6, 6.07) is 15.1. The fraction of sp³-hybridized carbons (Fsp3) is 0.280. The fourth-order valence-electron chi connectivity index (χ4n) is 3.12. The van der Waals surface area contributed by atoms with Crippen molar-refractivity contribution in [2.24, 2.45) is 0 Å². The number of allylic oxidation sites excluding steroid dienone is 1. The number of amidine groups is 1. The molecule has 0 unspecified atom stereocenters. The van der Waals surface area contributed by atoms with Gasteiger partial charge in [-0.15, -0.1) is 11.3 Å². The van der Waals surface area contributed by atoms with Crippen LogP contribution in [0.1, 0.15) is 43.0 Å². The zero-order valence-electron chi connectivity index (χ0n) is 18.3. The Balaban J connectivity index is 1.34. The van der Waals surface area contributed by atoms with Crippen molar-refractivity contribution in [3.05, 3.63) is 71.1 Å². The number of nitrogens with zero attached hydrogens (tertiary/aromatic N) is 1. The first kappa shape index (κ1) is 23.5. The van der Waals surface area contributed by atoms with Gasteiger partial charge < -0.3 is 9.47 Å². The van der Waals surface area contributed by atoms with Crippen LogP contribution in [0.5, 0.6) is 11.5 Å². The van der Waals surface area contributed by atoms with Gasteiger partial charge in [0.15, 0.2) is 0 Å². The van der Waals surface area contributed by atoms with Gasteiger partial charge in [0.05, 0.1) is 29.3 Å². The molecule has 0 aliphatic heterocycles. The number of rotatable bonds is 12. The van der Waals surface area contributed by atoms with Crippen LogP contribution in [0.4, 0.5) is 0 Å². The molecule has 3 aromatic rings. The number of ether oxygens (including phenoxy) is 2. The third-order valence-electron chi connectivity index (χ3n) is 5.02. The van der Waals surface area contributed by atoms with E-state index in [-0.39, 0.29) is 5.84 Å². The van der Waals surface area contributed by atoms with Crippen LogP contribution in [0.15, 0.2) is 60.6 Å². The number of benzene rings is 2.